The normalized spacial score (nSPS) is 10.1. The van der Waals surface area contributed by atoms with Gasteiger partial charge in [0.25, 0.3) is 0 Å². The summed E-state index contributed by atoms with van der Waals surface area (Å²) >= 11 is 3.87. The Bertz CT molecular complexity index is 162. The van der Waals surface area contributed by atoms with E-state index in [1.807, 2.05) is 6.20 Å². The minimum atomic E-state index is 0.927. The van der Waals surface area contributed by atoms with Gasteiger partial charge < -0.3 is 4.98 Å². The molecule has 0 saturated carbocycles. The first kappa shape index (κ1) is 7.63. The van der Waals surface area contributed by atoms with E-state index in [-0.39, 0.29) is 0 Å². The van der Waals surface area contributed by atoms with E-state index < -0.39 is 0 Å². The van der Waals surface area contributed by atoms with Gasteiger partial charge in [-0.3, -0.25) is 4.72 Å². The highest BCUT2D eigenvalue weighted by molar-refractivity contribution is 7.78. The Morgan fingerprint density at radius 2 is 2.60 bits per heavy atom. The molecule has 2 N–H and O–H groups in total. The highest BCUT2D eigenvalue weighted by Crippen LogP contribution is 1.94. The summed E-state index contributed by atoms with van der Waals surface area (Å²) in [5, 5.41) is 0. The Kier molecular flexibility index (Phi) is 3.32. The lowest BCUT2D eigenvalue weighted by Gasteiger charge is -1.93. The summed E-state index contributed by atoms with van der Waals surface area (Å²) in [7, 11) is 0. The monoisotopic (exact) mass is 157 g/mol. The van der Waals surface area contributed by atoms with Crippen molar-refractivity contribution >= 4 is 12.8 Å². The molecule has 0 radical (unpaired) electrons. The third-order valence-corrected chi connectivity index (χ3v) is 1.50. The predicted octanol–water partition coefficient (Wildman–Crippen LogP) is 0.777. The van der Waals surface area contributed by atoms with Gasteiger partial charge in [-0.1, -0.05) is 12.8 Å². The van der Waals surface area contributed by atoms with E-state index in [0.717, 1.165) is 25.1 Å². The molecule has 1 heterocycles. The average Bonchev–Trinajstić information content (AvgIpc) is 2.41. The molecular formula is C6H11N3S. The Balaban J connectivity index is 2.15. The second-order valence-corrected chi connectivity index (χ2v) is 2.39. The van der Waals surface area contributed by atoms with Gasteiger partial charge in [0, 0.05) is 12.7 Å². The van der Waals surface area contributed by atoms with Crippen molar-refractivity contribution in [2.24, 2.45) is 0 Å². The SMILES string of the molecule is SNCCCc1c[nH]cn1. The van der Waals surface area contributed by atoms with Crippen LogP contribution in [-0.4, -0.2) is 16.5 Å². The summed E-state index contributed by atoms with van der Waals surface area (Å²) in [6.45, 7) is 0.927. The fourth-order valence-electron chi connectivity index (χ4n) is 0.776. The molecule has 4 heteroatoms. The summed E-state index contributed by atoms with van der Waals surface area (Å²) in [5.41, 5.74) is 1.11. The van der Waals surface area contributed by atoms with Crippen LogP contribution in [-0.2, 0) is 6.42 Å². The number of hydrogen-bond acceptors (Lipinski definition) is 3. The Labute approximate surface area is 65.8 Å². The lowest BCUT2D eigenvalue weighted by atomic mass is 10.2. The van der Waals surface area contributed by atoms with Gasteiger partial charge in [0.15, 0.2) is 0 Å². The number of hydrogen-bond donors (Lipinski definition) is 3. The molecule has 0 amide bonds. The third kappa shape index (κ3) is 2.41. The lowest BCUT2D eigenvalue weighted by molar-refractivity contribution is 0.787. The first-order valence-corrected chi connectivity index (χ1v) is 3.73. The van der Waals surface area contributed by atoms with Crippen LogP contribution in [0.15, 0.2) is 12.5 Å². The van der Waals surface area contributed by atoms with E-state index in [9.17, 15) is 0 Å². The van der Waals surface area contributed by atoms with Crippen molar-refractivity contribution in [2.45, 2.75) is 12.8 Å². The molecular weight excluding hydrogens is 146 g/mol. The van der Waals surface area contributed by atoms with E-state index >= 15 is 0 Å². The number of H-pyrrole nitrogens is 1. The van der Waals surface area contributed by atoms with E-state index in [2.05, 4.69) is 27.5 Å². The molecule has 0 saturated heterocycles. The summed E-state index contributed by atoms with van der Waals surface area (Å²) in [4.78, 5) is 6.99. The van der Waals surface area contributed by atoms with Crippen LogP contribution in [0.1, 0.15) is 12.1 Å². The van der Waals surface area contributed by atoms with Gasteiger partial charge in [-0.25, -0.2) is 4.98 Å². The quantitative estimate of drug-likeness (QED) is 0.446. The van der Waals surface area contributed by atoms with Crippen LogP contribution in [0, 0.1) is 0 Å². The average molecular weight is 157 g/mol. The molecule has 10 heavy (non-hydrogen) atoms. The number of aromatic amines is 1. The molecule has 56 valence electrons. The minimum absolute atomic E-state index is 0.927. The molecule has 0 fully saturated rings. The minimum Gasteiger partial charge on any atom is -0.351 e. The zero-order valence-electron chi connectivity index (χ0n) is 5.67. The standard InChI is InChI=1S/C6H11N3S/c10-9-3-1-2-6-4-7-5-8-6/h4-5,9-10H,1-3H2,(H,7,8). The van der Waals surface area contributed by atoms with E-state index in [1.54, 1.807) is 6.33 Å². The molecule has 0 atom stereocenters. The van der Waals surface area contributed by atoms with Gasteiger partial charge in [0.2, 0.25) is 0 Å². The Hall–Kier alpha value is -0.480. The fourth-order valence-corrected chi connectivity index (χ4v) is 0.934. The van der Waals surface area contributed by atoms with Crippen LogP contribution >= 0.6 is 12.8 Å². The number of nitrogens with zero attached hydrogens (tertiary/aromatic N) is 1. The van der Waals surface area contributed by atoms with Crippen LogP contribution in [0.25, 0.3) is 0 Å². The lowest BCUT2D eigenvalue weighted by Crippen LogP contribution is -2.02. The van der Waals surface area contributed by atoms with Gasteiger partial charge >= 0.3 is 0 Å². The van der Waals surface area contributed by atoms with Gasteiger partial charge in [-0.15, -0.1) is 0 Å². The summed E-state index contributed by atoms with van der Waals surface area (Å²) < 4.78 is 2.79. The van der Waals surface area contributed by atoms with Crippen LogP contribution in [0.3, 0.4) is 0 Å². The van der Waals surface area contributed by atoms with Crippen molar-refractivity contribution in [3.63, 3.8) is 0 Å². The van der Waals surface area contributed by atoms with Crippen LogP contribution in [0.4, 0.5) is 0 Å². The molecule has 0 unspecified atom stereocenters. The molecule has 1 rings (SSSR count). The number of imidazole rings is 1. The van der Waals surface area contributed by atoms with E-state index in [4.69, 9.17) is 0 Å². The third-order valence-electron chi connectivity index (χ3n) is 1.28. The molecule has 1 aromatic heterocycles. The van der Waals surface area contributed by atoms with Crippen molar-refractivity contribution in [2.75, 3.05) is 6.54 Å². The van der Waals surface area contributed by atoms with Crippen molar-refractivity contribution < 1.29 is 0 Å². The zero-order chi connectivity index (χ0) is 7.23. The Morgan fingerprint density at radius 3 is 3.20 bits per heavy atom. The zero-order valence-corrected chi connectivity index (χ0v) is 6.56. The highest BCUT2D eigenvalue weighted by Gasteiger charge is 1.91. The number of aromatic nitrogens is 2. The second kappa shape index (κ2) is 4.35. The number of aryl methyl sites for hydroxylation is 1. The molecule has 3 nitrogen and oxygen atoms in total. The first-order chi connectivity index (χ1) is 4.93. The van der Waals surface area contributed by atoms with Gasteiger partial charge in [-0.05, 0) is 12.8 Å². The fraction of sp³-hybridized carbons (Fsp3) is 0.500. The number of nitrogens with one attached hydrogen (secondary N) is 2. The Morgan fingerprint density at radius 1 is 1.70 bits per heavy atom. The largest absolute Gasteiger partial charge is 0.351 e. The van der Waals surface area contributed by atoms with E-state index in [1.165, 1.54) is 0 Å². The smallest absolute Gasteiger partial charge is 0.0923 e. The van der Waals surface area contributed by atoms with Crippen LogP contribution in [0.2, 0.25) is 0 Å². The first-order valence-electron chi connectivity index (χ1n) is 3.28. The van der Waals surface area contributed by atoms with Crippen molar-refractivity contribution in [1.29, 1.82) is 0 Å². The van der Waals surface area contributed by atoms with Crippen molar-refractivity contribution in [3.8, 4) is 0 Å². The van der Waals surface area contributed by atoms with E-state index in [0.29, 0.717) is 0 Å². The molecule has 0 aromatic carbocycles. The molecule has 0 spiro atoms. The maximum absolute atomic E-state index is 4.08. The van der Waals surface area contributed by atoms with Crippen molar-refractivity contribution in [1.82, 2.24) is 14.7 Å². The number of rotatable bonds is 4. The van der Waals surface area contributed by atoms with Crippen molar-refractivity contribution in [3.05, 3.63) is 18.2 Å². The highest BCUT2D eigenvalue weighted by atomic mass is 32.1. The van der Waals surface area contributed by atoms with Crippen LogP contribution in [0.5, 0.6) is 0 Å². The summed E-state index contributed by atoms with van der Waals surface area (Å²) in [5.74, 6) is 0. The maximum atomic E-state index is 4.08. The maximum Gasteiger partial charge on any atom is 0.0923 e. The second-order valence-electron chi connectivity index (χ2n) is 2.07. The van der Waals surface area contributed by atoms with Gasteiger partial charge in [0.1, 0.15) is 0 Å². The molecule has 0 aliphatic carbocycles. The summed E-state index contributed by atoms with van der Waals surface area (Å²) in [6, 6.07) is 0. The predicted molar refractivity (Wildman–Crippen MR) is 43.9 cm³/mol. The summed E-state index contributed by atoms with van der Waals surface area (Å²) in [6.07, 6.45) is 5.70. The molecule has 0 bridgehead atoms. The molecule has 0 aliphatic heterocycles. The topological polar surface area (TPSA) is 40.7 Å². The molecule has 0 aliphatic rings. The number of thiol groups is 1. The van der Waals surface area contributed by atoms with Gasteiger partial charge in [0.05, 0.1) is 12.0 Å². The van der Waals surface area contributed by atoms with Gasteiger partial charge in [-0.2, -0.15) is 0 Å². The van der Waals surface area contributed by atoms with Crippen LogP contribution < -0.4 is 4.72 Å². The molecule has 1 aromatic rings.